The van der Waals surface area contributed by atoms with Crippen LogP contribution in [0, 0.1) is 5.41 Å². The van der Waals surface area contributed by atoms with E-state index in [9.17, 15) is 0 Å². The molecule has 0 aromatic carbocycles. The Morgan fingerprint density at radius 2 is 2.00 bits per heavy atom. The summed E-state index contributed by atoms with van der Waals surface area (Å²) in [6.07, 6.45) is 7.41. The van der Waals surface area contributed by atoms with Crippen LogP contribution in [-0.4, -0.2) is 12.4 Å². The van der Waals surface area contributed by atoms with Crippen LogP contribution in [0.25, 0.3) is 0 Å². The van der Waals surface area contributed by atoms with Crippen molar-refractivity contribution < 1.29 is 0 Å². The number of hydrogen-bond acceptors (Lipinski definition) is 1. The predicted octanol–water partition coefficient (Wildman–Crippen LogP) is 2.72. The van der Waals surface area contributed by atoms with Gasteiger partial charge in [-0.05, 0) is 31.1 Å². The molecule has 0 aliphatic heterocycles. The minimum Gasteiger partial charge on any atom is -0.387 e. The van der Waals surface area contributed by atoms with Gasteiger partial charge < -0.3 is 5.73 Å². The monoisotopic (exact) mass is 182 g/mol. The fourth-order valence-corrected chi connectivity index (χ4v) is 1.80. The summed E-state index contributed by atoms with van der Waals surface area (Å²) < 4.78 is 0. The maximum absolute atomic E-state index is 5.77. The van der Waals surface area contributed by atoms with E-state index in [0.29, 0.717) is 5.41 Å². The normalized spacial score (nSPS) is 20.3. The van der Waals surface area contributed by atoms with Gasteiger partial charge in [0.15, 0.2) is 0 Å². The fraction of sp³-hybridized carbons (Fsp3) is 0.909. The first-order chi connectivity index (χ1) is 6.22. The van der Waals surface area contributed by atoms with Crippen molar-refractivity contribution >= 4 is 5.84 Å². The average Bonchev–Trinajstić information content (AvgIpc) is 2.84. The smallest absolute Gasteiger partial charge is 0.0937 e. The summed E-state index contributed by atoms with van der Waals surface area (Å²) in [6.45, 7) is 5.37. The van der Waals surface area contributed by atoms with Gasteiger partial charge in [-0.1, -0.05) is 20.3 Å². The largest absolute Gasteiger partial charge is 0.387 e. The number of amidine groups is 1. The lowest BCUT2D eigenvalue weighted by molar-refractivity contribution is 0.472. The molecule has 1 fully saturated rings. The molecule has 2 heteroatoms. The molecule has 2 nitrogen and oxygen atoms in total. The number of hydrogen-bond donors (Lipinski definition) is 1. The van der Waals surface area contributed by atoms with Gasteiger partial charge in [-0.3, -0.25) is 4.99 Å². The third-order valence-electron chi connectivity index (χ3n) is 2.86. The maximum atomic E-state index is 5.77. The van der Waals surface area contributed by atoms with Crippen LogP contribution in [0.1, 0.15) is 52.4 Å². The standard InChI is InChI=1S/C11H22N2/c1-3-5-10(12)13-9-11(6-4-2)7-8-11/h3-9H2,1-2H3,(H2,12,13). The second-order valence-electron chi connectivity index (χ2n) is 4.31. The first kappa shape index (κ1) is 10.6. The molecule has 0 heterocycles. The Kier molecular flexibility index (Phi) is 3.76. The lowest BCUT2D eigenvalue weighted by Gasteiger charge is -2.10. The minimum atomic E-state index is 0.563. The summed E-state index contributed by atoms with van der Waals surface area (Å²) in [5, 5.41) is 0. The second kappa shape index (κ2) is 4.64. The van der Waals surface area contributed by atoms with Crippen molar-refractivity contribution in [2.45, 2.75) is 52.4 Å². The van der Waals surface area contributed by atoms with Gasteiger partial charge in [0.25, 0.3) is 0 Å². The van der Waals surface area contributed by atoms with E-state index in [1.165, 1.54) is 25.7 Å². The topological polar surface area (TPSA) is 38.4 Å². The van der Waals surface area contributed by atoms with Gasteiger partial charge in [-0.2, -0.15) is 0 Å². The molecule has 0 aromatic rings. The van der Waals surface area contributed by atoms with E-state index in [1.54, 1.807) is 0 Å². The SMILES string of the molecule is CCCC(N)=NCC1(CCC)CC1. The molecule has 2 N–H and O–H groups in total. The number of nitrogens with zero attached hydrogens (tertiary/aromatic N) is 1. The summed E-state index contributed by atoms with van der Waals surface area (Å²) in [7, 11) is 0. The van der Waals surface area contributed by atoms with Crippen molar-refractivity contribution in [2.75, 3.05) is 6.54 Å². The van der Waals surface area contributed by atoms with Gasteiger partial charge in [0, 0.05) is 13.0 Å². The Morgan fingerprint density at radius 1 is 1.31 bits per heavy atom. The average molecular weight is 182 g/mol. The highest BCUT2D eigenvalue weighted by Crippen LogP contribution is 2.49. The molecule has 1 aliphatic rings. The van der Waals surface area contributed by atoms with Crippen LogP contribution in [-0.2, 0) is 0 Å². The van der Waals surface area contributed by atoms with Crippen molar-refractivity contribution in [1.82, 2.24) is 0 Å². The highest BCUT2D eigenvalue weighted by atomic mass is 14.9. The fourth-order valence-electron chi connectivity index (χ4n) is 1.80. The first-order valence-electron chi connectivity index (χ1n) is 5.51. The van der Waals surface area contributed by atoms with Gasteiger partial charge in [0.05, 0.1) is 5.84 Å². The molecular formula is C11H22N2. The summed E-state index contributed by atoms with van der Waals surface area (Å²) in [5.41, 5.74) is 6.33. The number of rotatable bonds is 6. The molecule has 0 unspecified atom stereocenters. The molecule has 0 amide bonds. The molecule has 1 saturated carbocycles. The number of nitrogens with two attached hydrogens (primary N) is 1. The Labute approximate surface area is 81.6 Å². The van der Waals surface area contributed by atoms with E-state index in [0.717, 1.165) is 25.2 Å². The molecule has 76 valence electrons. The molecule has 0 atom stereocenters. The molecule has 0 spiro atoms. The van der Waals surface area contributed by atoms with E-state index in [1.807, 2.05) is 0 Å². The van der Waals surface area contributed by atoms with Crippen LogP contribution in [0.5, 0.6) is 0 Å². The first-order valence-corrected chi connectivity index (χ1v) is 5.51. The third-order valence-corrected chi connectivity index (χ3v) is 2.86. The number of aliphatic imine (C=N–C) groups is 1. The van der Waals surface area contributed by atoms with Crippen molar-refractivity contribution in [3.8, 4) is 0 Å². The van der Waals surface area contributed by atoms with Crippen LogP contribution in [0.3, 0.4) is 0 Å². The van der Waals surface area contributed by atoms with Gasteiger partial charge in [-0.25, -0.2) is 0 Å². The quantitative estimate of drug-likeness (QED) is 0.498. The van der Waals surface area contributed by atoms with E-state index in [-0.39, 0.29) is 0 Å². The van der Waals surface area contributed by atoms with E-state index in [2.05, 4.69) is 18.8 Å². The van der Waals surface area contributed by atoms with E-state index >= 15 is 0 Å². The summed E-state index contributed by atoms with van der Waals surface area (Å²) >= 11 is 0. The van der Waals surface area contributed by atoms with Gasteiger partial charge in [0.2, 0.25) is 0 Å². The third kappa shape index (κ3) is 3.37. The van der Waals surface area contributed by atoms with Crippen LogP contribution < -0.4 is 5.73 Å². The summed E-state index contributed by atoms with van der Waals surface area (Å²) in [4.78, 5) is 4.46. The lowest BCUT2D eigenvalue weighted by Crippen LogP contribution is -2.14. The van der Waals surface area contributed by atoms with Crippen molar-refractivity contribution in [2.24, 2.45) is 16.1 Å². The van der Waals surface area contributed by atoms with Crippen LogP contribution in [0.2, 0.25) is 0 Å². The minimum absolute atomic E-state index is 0.563. The Morgan fingerprint density at radius 3 is 2.46 bits per heavy atom. The van der Waals surface area contributed by atoms with Crippen LogP contribution >= 0.6 is 0 Å². The Bertz CT molecular complexity index is 181. The zero-order valence-corrected chi connectivity index (χ0v) is 8.97. The zero-order valence-electron chi connectivity index (χ0n) is 8.97. The molecule has 0 radical (unpaired) electrons. The van der Waals surface area contributed by atoms with Crippen molar-refractivity contribution in [1.29, 1.82) is 0 Å². The highest BCUT2D eigenvalue weighted by Gasteiger charge is 2.41. The predicted molar refractivity (Wildman–Crippen MR) is 58.0 cm³/mol. The molecule has 0 saturated heterocycles. The second-order valence-corrected chi connectivity index (χ2v) is 4.31. The van der Waals surface area contributed by atoms with Crippen LogP contribution in [0.4, 0.5) is 0 Å². The van der Waals surface area contributed by atoms with Crippen LogP contribution in [0.15, 0.2) is 4.99 Å². The summed E-state index contributed by atoms with van der Waals surface area (Å²) in [6, 6.07) is 0. The van der Waals surface area contributed by atoms with E-state index in [4.69, 9.17) is 5.73 Å². The molecule has 0 bridgehead atoms. The van der Waals surface area contributed by atoms with Crippen molar-refractivity contribution in [3.05, 3.63) is 0 Å². The van der Waals surface area contributed by atoms with Gasteiger partial charge >= 0.3 is 0 Å². The summed E-state index contributed by atoms with van der Waals surface area (Å²) in [5.74, 6) is 0.852. The molecular weight excluding hydrogens is 160 g/mol. The Hall–Kier alpha value is -0.530. The lowest BCUT2D eigenvalue weighted by atomic mass is 10.0. The molecule has 13 heavy (non-hydrogen) atoms. The maximum Gasteiger partial charge on any atom is 0.0937 e. The zero-order chi connectivity index (χ0) is 9.73. The molecule has 1 aliphatic carbocycles. The van der Waals surface area contributed by atoms with Crippen molar-refractivity contribution in [3.63, 3.8) is 0 Å². The van der Waals surface area contributed by atoms with Gasteiger partial charge in [-0.15, -0.1) is 0 Å². The van der Waals surface area contributed by atoms with E-state index < -0.39 is 0 Å². The Balaban J connectivity index is 2.28. The van der Waals surface area contributed by atoms with Gasteiger partial charge in [0.1, 0.15) is 0 Å². The molecule has 0 aromatic heterocycles. The highest BCUT2D eigenvalue weighted by molar-refractivity contribution is 5.80. The molecule has 1 rings (SSSR count).